The van der Waals surface area contributed by atoms with Gasteiger partial charge in [-0.15, -0.1) is 0 Å². The summed E-state index contributed by atoms with van der Waals surface area (Å²) in [5.74, 6) is -0.127. The van der Waals surface area contributed by atoms with Crippen molar-refractivity contribution in [2.75, 3.05) is 18.4 Å². The number of hydrogen-bond donors (Lipinski definition) is 1. The lowest BCUT2D eigenvalue weighted by Crippen LogP contribution is -2.50. The molecule has 1 aromatic heterocycles. The van der Waals surface area contributed by atoms with E-state index < -0.39 is 5.54 Å². The van der Waals surface area contributed by atoms with Crippen LogP contribution in [-0.4, -0.2) is 28.9 Å². The molecule has 1 saturated heterocycles. The Kier molecular flexibility index (Phi) is 4.08. The lowest BCUT2D eigenvalue weighted by molar-refractivity contribution is -0.127. The van der Waals surface area contributed by atoms with E-state index in [4.69, 9.17) is 11.6 Å². The van der Waals surface area contributed by atoms with Crippen LogP contribution in [0.1, 0.15) is 36.3 Å². The van der Waals surface area contributed by atoms with Crippen molar-refractivity contribution in [3.05, 3.63) is 57.0 Å². The maximum atomic E-state index is 15.0. The number of carbonyl (C=O) groups is 1. The summed E-state index contributed by atoms with van der Waals surface area (Å²) in [5.41, 5.74) is 1.26. The number of aromatic nitrogens is 1. The van der Waals surface area contributed by atoms with E-state index in [9.17, 15) is 9.18 Å². The van der Waals surface area contributed by atoms with Crippen LogP contribution in [0.25, 0.3) is 0 Å². The Morgan fingerprint density at radius 2 is 2.15 bits per heavy atom. The number of rotatable bonds is 3. The quantitative estimate of drug-likeness (QED) is 0.691. The van der Waals surface area contributed by atoms with E-state index in [2.05, 4.69) is 31.1 Å². The first-order valence-electron chi connectivity index (χ1n) is 9.18. The molecular formula is C20H18BrClFN3O. The van der Waals surface area contributed by atoms with Crippen molar-refractivity contribution < 1.29 is 9.18 Å². The monoisotopic (exact) mass is 449 g/mol. The lowest BCUT2D eigenvalue weighted by atomic mass is 9.75. The van der Waals surface area contributed by atoms with E-state index in [1.165, 1.54) is 12.8 Å². The van der Waals surface area contributed by atoms with Gasteiger partial charge in [0, 0.05) is 41.5 Å². The second kappa shape index (κ2) is 6.26. The van der Waals surface area contributed by atoms with Gasteiger partial charge in [0.2, 0.25) is 5.91 Å². The zero-order valence-corrected chi connectivity index (χ0v) is 16.9. The van der Waals surface area contributed by atoms with Crippen LogP contribution in [-0.2, 0) is 10.3 Å². The summed E-state index contributed by atoms with van der Waals surface area (Å²) in [5, 5.41) is 3.59. The molecule has 3 heterocycles. The number of amides is 1. The zero-order valence-electron chi connectivity index (χ0n) is 14.5. The fraction of sp³-hybridized carbons (Fsp3) is 0.400. The third kappa shape index (κ3) is 2.57. The van der Waals surface area contributed by atoms with Crippen LogP contribution in [0.5, 0.6) is 0 Å². The molecule has 140 valence electrons. The van der Waals surface area contributed by atoms with Crippen molar-refractivity contribution in [3.63, 3.8) is 0 Å². The molecule has 3 aliphatic rings. The number of anilines is 1. The summed E-state index contributed by atoms with van der Waals surface area (Å²) in [4.78, 5) is 19.7. The van der Waals surface area contributed by atoms with Crippen LogP contribution in [0.4, 0.5) is 10.1 Å². The minimum atomic E-state index is -0.899. The lowest BCUT2D eigenvalue weighted by Gasteiger charge is -2.38. The molecule has 1 N–H and O–H groups in total. The third-order valence-corrected chi connectivity index (χ3v) is 6.89. The Bertz CT molecular complexity index is 951. The molecule has 2 fully saturated rings. The van der Waals surface area contributed by atoms with Gasteiger partial charge in [0.1, 0.15) is 10.1 Å². The Balaban J connectivity index is 1.70. The smallest absolute Gasteiger partial charge is 0.250 e. The number of likely N-dealkylation sites (tertiary alicyclic amines) is 1. The van der Waals surface area contributed by atoms with Gasteiger partial charge in [-0.1, -0.05) is 17.7 Å². The van der Waals surface area contributed by atoms with Crippen LogP contribution in [0.3, 0.4) is 0 Å². The zero-order chi connectivity index (χ0) is 18.8. The van der Waals surface area contributed by atoms with E-state index >= 15 is 0 Å². The number of pyridine rings is 1. The van der Waals surface area contributed by atoms with Gasteiger partial charge >= 0.3 is 0 Å². The van der Waals surface area contributed by atoms with E-state index in [1.54, 1.807) is 18.3 Å². The highest BCUT2D eigenvalue weighted by Gasteiger charge is 2.60. The van der Waals surface area contributed by atoms with Crippen molar-refractivity contribution >= 4 is 39.1 Å². The number of hydrogen-bond acceptors (Lipinski definition) is 3. The van der Waals surface area contributed by atoms with Gasteiger partial charge < -0.3 is 5.32 Å². The number of halogens is 3. The van der Waals surface area contributed by atoms with Gasteiger partial charge in [0.25, 0.3) is 0 Å². The number of benzene rings is 1. The third-order valence-electron chi connectivity index (χ3n) is 6.10. The first-order valence-corrected chi connectivity index (χ1v) is 10.4. The largest absolute Gasteiger partial charge is 0.324 e. The summed E-state index contributed by atoms with van der Waals surface area (Å²) < 4.78 is 15.2. The average molecular weight is 451 g/mol. The summed E-state index contributed by atoms with van der Waals surface area (Å²) >= 11 is 9.35. The highest BCUT2D eigenvalue weighted by atomic mass is 79.9. The number of fused-ring (bicyclic) bond motifs is 2. The van der Waals surface area contributed by atoms with Gasteiger partial charge in [-0.3, -0.25) is 9.69 Å². The summed E-state index contributed by atoms with van der Waals surface area (Å²) in [7, 11) is 0. The first kappa shape index (κ1) is 17.6. The summed E-state index contributed by atoms with van der Waals surface area (Å²) in [6.45, 7) is 1.62. The average Bonchev–Trinajstić information content (AvgIpc) is 3.31. The molecule has 2 aliphatic heterocycles. The topological polar surface area (TPSA) is 45.2 Å². The van der Waals surface area contributed by atoms with Crippen molar-refractivity contribution in [1.29, 1.82) is 0 Å². The molecule has 1 amide bonds. The predicted molar refractivity (Wildman–Crippen MR) is 105 cm³/mol. The molecule has 27 heavy (non-hydrogen) atoms. The molecule has 1 unspecified atom stereocenters. The van der Waals surface area contributed by atoms with Crippen molar-refractivity contribution in [2.24, 2.45) is 5.92 Å². The molecule has 1 spiro atoms. The van der Waals surface area contributed by atoms with Crippen LogP contribution in [0.2, 0.25) is 5.02 Å². The molecule has 4 nitrogen and oxygen atoms in total. The van der Waals surface area contributed by atoms with Crippen LogP contribution in [0.15, 0.2) is 35.1 Å². The predicted octanol–water partition coefficient (Wildman–Crippen LogP) is 4.68. The standard InChI is InChI=1S/C20H18BrClFN3O/c21-18-17(23)13(5-7-24-18)14-6-8-26(10-11-1-2-11)20(14)15-4-3-12(22)9-16(15)25-19(20)27/h3-5,7,9,11,14H,1-2,6,8,10H2,(H,25,27)/t14-,20?/m1/s1. The van der Waals surface area contributed by atoms with Gasteiger partial charge in [0.15, 0.2) is 5.82 Å². The van der Waals surface area contributed by atoms with Gasteiger partial charge in [0.05, 0.1) is 0 Å². The minimum absolute atomic E-state index is 0.0877. The molecule has 1 aliphatic carbocycles. The summed E-state index contributed by atoms with van der Waals surface area (Å²) in [6, 6.07) is 7.22. The first-order chi connectivity index (χ1) is 13.0. The SMILES string of the molecule is O=C1Nc2cc(Cl)ccc2C12[C@@H](c1ccnc(Br)c1F)CCN2CC1CC1. The number of nitrogens with one attached hydrogen (secondary N) is 1. The van der Waals surface area contributed by atoms with E-state index in [-0.39, 0.29) is 22.2 Å². The van der Waals surface area contributed by atoms with Crippen molar-refractivity contribution in [1.82, 2.24) is 9.88 Å². The van der Waals surface area contributed by atoms with E-state index in [0.717, 1.165) is 30.8 Å². The van der Waals surface area contributed by atoms with Crippen LogP contribution in [0, 0.1) is 11.7 Å². The van der Waals surface area contributed by atoms with E-state index in [1.807, 2.05) is 12.1 Å². The molecular weight excluding hydrogens is 433 g/mol. The van der Waals surface area contributed by atoms with Gasteiger partial charge in [-0.2, -0.15) is 0 Å². The molecule has 2 aromatic rings. The van der Waals surface area contributed by atoms with Crippen LogP contribution < -0.4 is 5.32 Å². The second-order valence-corrected chi connectivity index (χ2v) is 8.83. The van der Waals surface area contributed by atoms with E-state index in [0.29, 0.717) is 16.5 Å². The molecule has 1 aromatic carbocycles. The Morgan fingerprint density at radius 1 is 1.33 bits per heavy atom. The Hall–Kier alpha value is -1.50. The Morgan fingerprint density at radius 3 is 2.93 bits per heavy atom. The fourth-order valence-corrected chi connectivity index (χ4v) is 5.29. The molecule has 0 radical (unpaired) electrons. The minimum Gasteiger partial charge on any atom is -0.324 e. The molecule has 7 heteroatoms. The second-order valence-electron chi connectivity index (χ2n) is 7.65. The molecule has 1 saturated carbocycles. The van der Waals surface area contributed by atoms with Crippen molar-refractivity contribution in [2.45, 2.75) is 30.7 Å². The maximum Gasteiger partial charge on any atom is 0.250 e. The highest BCUT2D eigenvalue weighted by Crippen LogP contribution is 2.56. The summed E-state index contributed by atoms with van der Waals surface area (Å²) in [6.07, 6.45) is 4.70. The number of carbonyl (C=O) groups excluding carboxylic acids is 1. The molecule has 0 bridgehead atoms. The molecule has 5 rings (SSSR count). The van der Waals surface area contributed by atoms with Crippen molar-refractivity contribution in [3.8, 4) is 0 Å². The fourth-order valence-electron chi connectivity index (χ4n) is 4.77. The Labute approximate surface area is 170 Å². The maximum absolute atomic E-state index is 15.0. The van der Waals surface area contributed by atoms with Crippen LogP contribution >= 0.6 is 27.5 Å². The molecule has 2 atom stereocenters. The highest BCUT2D eigenvalue weighted by molar-refractivity contribution is 9.10. The number of nitrogens with zero attached hydrogens (tertiary/aromatic N) is 2. The van der Waals surface area contributed by atoms with Gasteiger partial charge in [-0.25, -0.2) is 9.37 Å². The normalized spacial score (nSPS) is 27.2. The van der Waals surface area contributed by atoms with Gasteiger partial charge in [-0.05, 0) is 64.9 Å².